The van der Waals surface area contributed by atoms with Crippen molar-refractivity contribution in [3.63, 3.8) is 0 Å². The molecule has 0 fully saturated rings. The molecule has 0 unspecified atom stereocenters. The lowest BCUT2D eigenvalue weighted by Gasteiger charge is -2.30. The van der Waals surface area contributed by atoms with Gasteiger partial charge in [-0.15, -0.1) is 0 Å². The quantitative estimate of drug-likeness (QED) is 0.433. The van der Waals surface area contributed by atoms with E-state index in [2.05, 4.69) is 21.2 Å². The predicted molar refractivity (Wildman–Crippen MR) is 145 cm³/mol. The number of halogens is 1. The molecule has 0 heterocycles. The third-order valence-corrected chi connectivity index (χ3v) is 7.30. The Morgan fingerprint density at radius 3 is 2.34 bits per heavy atom. The van der Waals surface area contributed by atoms with Gasteiger partial charge >= 0.3 is 0 Å². The fraction of sp³-hybridized carbons (Fsp3) is 0.462. The molecule has 0 aliphatic rings. The third-order valence-electron chi connectivity index (χ3n) is 5.63. The molecular formula is C26H36BrN3O4S. The molecule has 7 nitrogen and oxygen atoms in total. The summed E-state index contributed by atoms with van der Waals surface area (Å²) in [6.45, 7) is 9.69. The predicted octanol–water partition coefficient (Wildman–Crippen LogP) is 4.55. The number of nitrogens with zero attached hydrogens (tertiary/aromatic N) is 2. The highest BCUT2D eigenvalue weighted by molar-refractivity contribution is 9.10. The lowest BCUT2D eigenvalue weighted by Crippen LogP contribution is -2.49. The summed E-state index contributed by atoms with van der Waals surface area (Å²) in [6, 6.07) is 12.6. The summed E-state index contributed by atoms with van der Waals surface area (Å²) in [7, 11) is -3.53. The molecule has 0 radical (unpaired) electrons. The first kappa shape index (κ1) is 28.8. The molecular weight excluding hydrogens is 530 g/mol. The van der Waals surface area contributed by atoms with Crippen LogP contribution in [0.1, 0.15) is 50.3 Å². The molecule has 2 aromatic carbocycles. The first-order valence-electron chi connectivity index (χ1n) is 11.7. The highest BCUT2D eigenvalue weighted by Crippen LogP contribution is 2.25. The zero-order chi connectivity index (χ0) is 26.3. The third kappa shape index (κ3) is 8.65. The molecule has 2 aromatic rings. The summed E-state index contributed by atoms with van der Waals surface area (Å²) < 4.78 is 27.3. The van der Waals surface area contributed by atoms with Gasteiger partial charge in [-0.05, 0) is 75.9 Å². The van der Waals surface area contributed by atoms with Crippen LogP contribution in [0.3, 0.4) is 0 Å². The van der Waals surface area contributed by atoms with Crippen LogP contribution in [0.5, 0.6) is 0 Å². The van der Waals surface area contributed by atoms with Crippen LogP contribution in [0.2, 0.25) is 0 Å². The largest absolute Gasteiger partial charge is 0.352 e. The standard InChI is InChI=1S/C26H36BrN3O4S/c1-18(2)28-26(32)21(5)29(17-22-9-7-10-23(27)16-22)25(31)11-8-14-30(35(6,33)34)24-15-19(3)12-13-20(24)4/h7,9-10,12-13,15-16,18,21H,8,11,14,17H2,1-6H3,(H,28,32)/t21-/m1/s1. The highest BCUT2D eigenvalue weighted by atomic mass is 79.9. The number of rotatable bonds is 11. The van der Waals surface area contributed by atoms with Crippen LogP contribution in [0.15, 0.2) is 46.9 Å². The topological polar surface area (TPSA) is 86.8 Å². The van der Waals surface area contributed by atoms with Crippen LogP contribution in [-0.4, -0.2) is 50.0 Å². The van der Waals surface area contributed by atoms with E-state index in [1.807, 2.05) is 70.2 Å². The van der Waals surface area contributed by atoms with Crippen LogP contribution >= 0.6 is 15.9 Å². The van der Waals surface area contributed by atoms with Crippen LogP contribution in [-0.2, 0) is 26.2 Å². The van der Waals surface area contributed by atoms with E-state index in [0.29, 0.717) is 12.1 Å². The summed E-state index contributed by atoms with van der Waals surface area (Å²) in [4.78, 5) is 27.6. The van der Waals surface area contributed by atoms with Crippen LogP contribution in [0.25, 0.3) is 0 Å². The van der Waals surface area contributed by atoms with E-state index in [4.69, 9.17) is 0 Å². The Hall–Kier alpha value is -2.39. The zero-order valence-electron chi connectivity index (χ0n) is 21.3. The Morgan fingerprint density at radius 2 is 1.74 bits per heavy atom. The van der Waals surface area contributed by atoms with Gasteiger partial charge in [0.1, 0.15) is 6.04 Å². The zero-order valence-corrected chi connectivity index (χ0v) is 23.7. The maximum absolute atomic E-state index is 13.3. The van der Waals surface area contributed by atoms with Crippen molar-refractivity contribution in [2.75, 3.05) is 17.1 Å². The Bertz CT molecular complexity index is 1150. The molecule has 0 saturated heterocycles. The second kappa shape index (κ2) is 12.5. The van der Waals surface area contributed by atoms with Gasteiger partial charge < -0.3 is 10.2 Å². The minimum absolute atomic E-state index is 0.0475. The number of carbonyl (C=O) groups is 2. The second-order valence-electron chi connectivity index (χ2n) is 9.22. The Balaban J connectivity index is 2.21. The number of aryl methyl sites for hydroxylation is 2. The summed E-state index contributed by atoms with van der Waals surface area (Å²) >= 11 is 3.45. The SMILES string of the molecule is Cc1ccc(C)c(N(CCCC(=O)N(Cc2cccc(Br)c2)[C@H](C)C(=O)NC(C)C)S(C)(=O)=O)c1. The van der Waals surface area contributed by atoms with Gasteiger partial charge in [-0.25, -0.2) is 8.42 Å². The molecule has 1 N–H and O–H groups in total. The Labute approximate surface area is 218 Å². The number of sulfonamides is 1. The average molecular weight is 567 g/mol. The molecule has 9 heteroatoms. The minimum atomic E-state index is -3.53. The minimum Gasteiger partial charge on any atom is -0.352 e. The first-order valence-corrected chi connectivity index (χ1v) is 14.3. The normalized spacial score (nSPS) is 12.3. The van der Waals surface area contributed by atoms with Crippen molar-refractivity contribution in [3.05, 3.63) is 63.6 Å². The van der Waals surface area contributed by atoms with Gasteiger partial charge in [0.25, 0.3) is 0 Å². The lowest BCUT2D eigenvalue weighted by atomic mass is 10.1. The van der Waals surface area contributed by atoms with Gasteiger partial charge in [-0.3, -0.25) is 13.9 Å². The molecule has 1 atom stereocenters. The van der Waals surface area contributed by atoms with E-state index in [0.717, 1.165) is 21.2 Å². The number of hydrogen-bond donors (Lipinski definition) is 1. The van der Waals surface area contributed by atoms with E-state index in [1.165, 1.54) is 10.6 Å². The van der Waals surface area contributed by atoms with Gasteiger partial charge in [0.2, 0.25) is 21.8 Å². The number of anilines is 1. The van der Waals surface area contributed by atoms with E-state index in [-0.39, 0.29) is 37.4 Å². The van der Waals surface area contributed by atoms with Crippen molar-refractivity contribution < 1.29 is 18.0 Å². The van der Waals surface area contributed by atoms with Crippen molar-refractivity contribution in [2.45, 2.75) is 66.1 Å². The van der Waals surface area contributed by atoms with Crippen LogP contribution in [0, 0.1) is 13.8 Å². The van der Waals surface area contributed by atoms with E-state index in [1.54, 1.807) is 11.8 Å². The van der Waals surface area contributed by atoms with E-state index in [9.17, 15) is 18.0 Å². The smallest absolute Gasteiger partial charge is 0.242 e. The number of carbonyl (C=O) groups excluding carboxylic acids is 2. The highest BCUT2D eigenvalue weighted by Gasteiger charge is 2.27. The molecule has 2 rings (SSSR count). The van der Waals surface area contributed by atoms with Gasteiger partial charge in [0.05, 0.1) is 11.9 Å². The Morgan fingerprint density at radius 1 is 1.06 bits per heavy atom. The maximum Gasteiger partial charge on any atom is 0.242 e. The van der Waals surface area contributed by atoms with Crippen molar-refractivity contribution >= 4 is 43.5 Å². The summed E-state index contributed by atoms with van der Waals surface area (Å²) in [5, 5.41) is 2.87. The van der Waals surface area contributed by atoms with Crippen LogP contribution < -0.4 is 9.62 Å². The summed E-state index contributed by atoms with van der Waals surface area (Å²) in [5.74, 6) is -0.428. The lowest BCUT2D eigenvalue weighted by molar-refractivity contribution is -0.140. The number of amides is 2. The second-order valence-corrected chi connectivity index (χ2v) is 12.0. The number of nitrogens with one attached hydrogen (secondary N) is 1. The molecule has 0 saturated carbocycles. The summed E-state index contributed by atoms with van der Waals surface area (Å²) in [6.07, 6.45) is 1.62. The van der Waals surface area contributed by atoms with Gasteiger partial charge in [0, 0.05) is 30.0 Å². The van der Waals surface area contributed by atoms with Crippen molar-refractivity contribution in [3.8, 4) is 0 Å². The molecule has 2 amide bonds. The fourth-order valence-corrected chi connectivity index (χ4v) is 5.25. The molecule has 192 valence electrons. The van der Waals surface area contributed by atoms with Crippen molar-refractivity contribution in [1.82, 2.24) is 10.2 Å². The monoisotopic (exact) mass is 565 g/mol. The molecule has 0 bridgehead atoms. The van der Waals surface area contributed by atoms with Gasteiger partial charge in [-0.2, -0.15) is 0 Å². The fourth-order valence-electron chi connectivity index (χ4n) is 3.79. The van der Waals surface area contributed by atoms with Crippen molar-refractivity contribution in [1.29, 1.82) is 0 Å². The number of benzene rings is 2. The Kier molecular flexibility index (Phi) is 10.3. The average Bonchev–Trinajstić information content (AvgIpc) is 2.75. The summed E-state index contributed by atoms with van der Waals surface area (Å²) in [5.41, 5.74) is 3.32. The van der Waals surface area contributed by atoms with E-state index >= 15 is 0 Å². The molecule has 0 aliphatic heterocycles. The first-order chi connectivity index (χ1) is 16.3. The number of hydrogen-bond acceptors (Lipinski definition) is 4. The molecule has 0 aromatic heterocycles. The van der Waals surface area contributed by atoms with Gasteiger partial charge in [-0.1, -0.05) is 40.2 Å². The van der Waals surface area contributed by atoms with E-state index < -0.39 is 16.1 Å². The maximum atomic E-state index is 13.3. The molecule has 0 spiro atoms. The van der Waals surface area contributed by atoms with Crippen LogP contribution in [0.4, 0.5) is 5.69 Å². The van der Waals surface area contributed by atoms with Crippen molar-refractivity contribution in [2.24, 2.45) is 0 Å². The van der Waals surface area contributed by atoms with Gasteiger partial charge in [0.15, 0.2) is 0 Å². The molecule has 0 aliphatic carbocycles. The molecule has 35 heavy (non-hydrogen) atoms.